The Morgan fingerprint density at radius 1 is 0.848 bits per heavy atom. The van der Waals surface area contributed by atoms with Crippen LogP contribution in [0.1, 0.15) is 17.3 Å². The summed E-state index contributed by atoms with van der Waals surface area (Å²) in [4.78, 5) is 43.5. The minimum Gasteiger partial charge on any atom is -0.368 e. The van der Waals surface area contributed by atoms with Gasteiger partial charge in [-0.25, -0.2) is 0 Å². The lowest BCUT2D eigenvalue weighted by molar-refractivity contribution is -0.384. The second-order valence-electron chi connectivity index (χ2n) is 8.21. The van der Waals surface area contributed by atoms with Crippen molar-refractivity contribution in [2.45, 2.75) is 6.92 Å². The van der Waals surface area contributed by atoms with Gasteiger partial charge in [-0.15, -0.1) is 0 Å². The Balaban J connectivity index is 1.44. The molecule has 0 N–H and O–H groups in total. The van der Waals surface area contributed by atoms with E-state index in [-0.39, 0.29) is 17.5 Å². The van der Waals surface area contributed by atoms with Crippen LogP contribution in [0.5, 0.6) is 0 Å². The molecule has 2 fully saturated rings. The second-order valence-corrected chi connectivity index (χ2v) is 8.65. The number of anilines is 2. The number of carbonyl (C=O) groups is 2. The summed E-state index contributed by atoms with van der Waals surface area (Å²) in [6.07, 6.45) is 0. The van der Waals surface area contributed by atoms with Gasteiger partial charge in [0.15, 0.2) is 0 Å². The molecule has 4 rings (SSSR count). The molecule has 2 aliphatic rings. The number of nitrogens with zero attached hydrogens (tertiary/aromatic N) is 5. The topological polar surface area (TPSA) is 90.2 Å². The van der Waals surface area contributed by atoms with Gasteiger partial charge in [0.2, 0.25) is 5.91 Å². The number of nitro groups is 1. The number of carbonyl (C=O) groups excluding carboxylic acids is 2. The summed E-state index contributed by atoms with van der Waals surface area (Å²) in [5, 5.41) is 12.5. The van der Waals surface area contributed by atoms with Crippen LogP contribution in [0, 0.1) is 10.1 Å². The van der Waals surface area contributed by atoms with Crippen LogP contribution in [0.15, 0.2) is 42.5 Å². The van der Waals surface area contributed by atoms with Crippen molar-refractivity contribution in [1.82, 2.24) is 9.80 Å². The molecule has 174 valence electrons. The number of hydrogen-bond acceptors (Lipinski definition) is 6. The maximum absolute atomic E-state index is 13.1. The second kappa shape index (κ2) is 9.66. The fraction of sp³-hybridized carbons (Fsp3) is 0.391. The lowest BCUT2D eigenvalue weighted by Gasteiger charge is -2.36. The molecule has 2 heterocycles. The van der Waals surface area contributed by atoms with Gasteiger partial charge < -0.3 is 19.6 Å². The quantitative estimate of drug-likeness (QED) is 0.503. The molecule has 33 heavy (non-hydrogen) atoms. The van der Waals surface area contributed by atoms with E-state index in [4.69, 9.17) is 11.6 Å². The van der Waals surface area contributed by atoms with Crippen LogP contribution in [0.2, 0.25) is 5.02 Å². The van der Waals surface area contributed by atoms with Gasteiger partial charge in [-0.05, 0) is 36.4 Å². The molecule has 2 amide bonds. The number of amides is 2. The molecular weight excluding hydrogens is 446 g/mol. The summed E-state index contributed by atoms with van der Waals surface area (Å²) in [6.45, 7) is 6.00. The third-order valence-electron chi connectivity index (χ3n) is 6.24. The Hall–Kier alpha value is -3.33. The highest BCUT2D eigenvalue weighted by atomic mass is 35.5. The molecule has 0 aliphatic carbocycles. The molecule has 0 bridgehead atoms. The predicted octanol–water partition coefficient (Wildman–Crippen LogP) is 2.88. The Morgan fingerprint density at radius 3 is 2.00 bits per heavy atom. The van der Waals surface area contributed by atoms with Crippen molar-refractivity contribution in [1.29, 1.82) is 0 Å². The standard InChI is InChI=1S/C23H26ClN5O4/c1-17(30)25-8-12-27(13-9-25)21-7-2-18(16-22(21)29(32)33)23(31)28-14-10-26(11-15-28)20-5-3-19(24)4-6-20/h2-7,16H,8-15H2,1H3. The van der Waals surface area contributed by atoms with Gasteiger partial charge in [-0.1, -0.05) is 11.6 Å². The van der Waals surface area contributed by atoms with Gasteiger partial charge in [-0.3, -0.25) is 19.7 Å². The molecule has 9 nitrogen and oxygen atoms in total. The number of halogens is 1. The van der Waals surface area contributed by atoms with Crippen molar-refractivity contribution in [3.63, 3.8) is 0 Å². The Labute approximate surface area is 197 Å². The fourth-order valence-corrected chi connectivity index (χ4v) is 4.46. The normalized spacial score (nSPS) is 16.7. The zero-order valence-electron chi connectivity index (χ0n) is 18.4. The first-order chi connectivity index (χ1) is 15.8. The number of rotatable bonds is 4. The zero-order chi connectivity index (χ0) is 23.5. The van der Waals surface area contributed by atoms with Gasteiger partial charge in [0.25, 0.3) is 11.6 Å². The van der Waals surface area contributed by atoms with E-state index in [0.29, 0.717) is 68.6 Å². The van der Waals surface area contributed by atoms with E-state index in [0.717, 1.165) is 5.69 Å². The number of hydrogen-bond donors (Lipinski definition) is 0. The van der Waals surface area contributed by atoms with Crippen molar-refractivity contribution in [3.05, 3.63) is 63.2 Å². The SMILES string of the molecule is CC(=O)N1CCN(c2ccc(C(=O)N3CCN(c4ccc(Cl)cc4)CC3)cc2[N+](=O)[O-])CC1. The Bertz CT molecular complexity index is 1050. The third-order valence-corrected chi connectivity index (χ3v) is 6.50. The van der Waals surface area contributed by atoms with Crippen LogP contribution in [0.25, 0.3) is 0 Å². The molecule has 0 unspecified atom stereocenters. The first-order valence-corrected chi connectivity index (χ1v) is 11.3. The third kappa shape index (κ3) is 5.03. The van der Waals surface area contributed by atoms with Crippen LogP contribution < -0.4 is 9.80 Å². The van der Waals surface area contributed by atoms with E-state index in [1.165, 1.54) is 13.0 Å². The summed E-state index contributed by atoms with van der Waals surface area (Å²) in [7, 11) is 0. The van der Waals surface area contributed by atoms with Crippen molar-refractivity contribution < 1.29 is 14.5 Å². The van der Waals surface area contributed by atoms with Crippen molar-refractivity contribution in [3.8, 4) is 0 Å². The molecule has 0 aromatic heterocycles. The molecule has 0 spiro atoms. The van der Waals surface area contributed by atoms with Crippen LogP contribution in [0.4, 0.5) is 17.1 Å². The predicted molar refractivity (Wildman–Crippen MR) is 127 cm³/mol. The van der Waals surface area contributed by atoms with E-state index in [1.54, 1.807) is 21.9 Å². The minimum atomic E-state index is -0.443. The summed E-state index contributed by atoms with van der Waals surface area (Å²) in [6, 6.07) is 12.3. The lowest BCUT2D eigenvalue weighted by Crippen LogP contribution is -2.49. The summed E-state index contributed by atoms with van der Waals surface area (Å²) in [5.74, 6) is -0.206. The first kappa shape index (κ1) is 22.8. The highest BCUT2D eigenvalue weighted by Crippen LogP contribution is 2.31. The lowest BCUT2D eigenvalue weighted by atomic mass is 10.1. The molecule has 10 heteroatoms. The average molecular weight is 472 g/mol. The van der Waals surface area contributed by atoms with E-state index in [1.807, 2.05) is 29.2 Å². The molecule has 0 atom stereocenters. The van der Waals surface area contributed by atoms with E-state index >= 15 is 0 Å². The maximum Gasteiger partial charge on any atom is 0.293 e. The van der Waals surface area contributed by atoms with Gasteiger partial charge in [0.05, 0.1) is 4.92 Å². The molecular formula is C23H26ClN5O4. The summed E-state index contributed by atoms with van der Waals surface area (Å²) < 4.78 is 0. The van der Waals surface area contributed by atoms with Gasteiger partial charge in [0.1, 0.15) is 5.69 Å². The number of nitro benzene ring substituents is 1. The molecule has 2 saturated heterocycles. The van der Waals surface area contributed by atoms with Crippen molar-refractivity contribution >= 4 is 40.5 Å². The van der Waals surface area contributed by atoms with E-state index in [2.05, 4.69) is 4.90 Å². The minimum absolute atomic E-state index is 0.00116. The Morgan fingerprint density at radius 2 is 1.42 bits per heavy atom. The molecule has 2 aromatic rings. The highest BCUT2D eigenvalue weighted by Gasteiger charge is 2.28. The molecule has 0 saturated carbocycles. The summed E-state index contributed by atoms with van der Waals surface area (Å²) >= 11 is 5.96. The van der Waals surface area contributed by atoms with Gasteiger partial charge >= 0.3 is 0 Å². The molecule has 2 aliphatic heterocycles. The zero-order valence-corrected chi connectivity index (χ0v) is 19.2. The summed E-state index contributed by atoms with van der Waals surface area (Å²) in [5.41, 5.74) is 1.76. The number of benzene rings is 2. The average Bonchev–Trinajstić information content (AvgIpc) is 2.84. The highest BCUT2D eigenvalue weighted by molar-refractivity contribution is 6.30. The van der Waals surface area contributed by atoms with E-state index in [9.17, 15) is 19.7 Å². The van der Waals surface area contributed by atoms with Gasteiger partial charge in [0, 0.05) is 81.6 Å². The van der Waals surface area contributed by atoms with Gasteiger partial charge in [-0.2, -0.15) is 0 Å². The smallest absolute Gasteiger partial charge is 0.293 e. The number of piperazine rings is 2. The van der Waals surface area contributed by atoms with E-state index < -0.39 is 4.92 Å². The van der Waals surface area contributed by atoms with Crippen LogP contribution in [-0.2, 0) is 4.79 Å². The molecule has 0 radical (unpaired) electrons. The van der Waals surface area contributed by atoms with Crippen LogP contribution in [-0.4, -0.2) is 78.9 Å². The first-order valence-electron chi connectivity index (χ1n) is 10.9. The van der Waals surface area contributed by atoms with Crippen molar-refractivity contribution in [2.75, 3.05) is 62.2 Å². The maximum atomic E-state index is 13.1. The van der Waals surface area contributed by atoms with Crippen LogP contribution in [0.3, 0.4) is 0 Å². The molecule has 2 aromatic carbocycles. The largest absolute Gasteiger partial charge is 0.368 e. The van der Waals surface area contributed by atoms with Crippen LogP contribution >= 0.6 is 11.6 Å². The monoisotopic (exact) mass is 471 g/mol. The van der Waals surface area contributed by atoms with Crippen molar-refractivity contribution in [2.24, 2.45) is 0 Å². The fourth-order valence-electron chi connectivity index (χ4n) is 4.33. The Kier molecular flexibility index (Phi) is 6.69.